The van der Waals surface area contributed by atoms with E-state index in [-0.39, 0.29) is 12.3 Å². The van der Waals surface area contributed by atoms with Gasteiger partial charge in [-0.3, -0.25) is 0 Å². The largest absolute Gasteiger partial charge is 0.494 e. The highest BCUT2D eigenvalue weighted by atomic mass is 19.4. The summed E-state index contributed by atoms with van der Waals surface area (Å²) in [6, 6.07) is 2.43. The van der Waals surface area contributed by atoms with Crippen LogP contribution in [0.2, 0.25) is 0 Å². The predicted octanol–water partition coefficient (Wildman–Crippen LogP) is 3.90. The van der Waals surface area contributed by atoms with E-state index in [1.54, 1.807) is 0 Å². The SMILES string of the molecule is COc1ccc(CN[C@H](C(C)(C)C)C(F)(F)F)cc1F. The average molecular weight is 293 g/mol. The van der Waals surface area contributed by atoms with Crippen LogP contribution in [0.3, 0.4) is 0 Å². The van der Waals surface area contributed by atoms with Crippen LogP contribution in [-0.2, 0) is 6.54 Å². The van der Waals surface area contributed by atoms with Crippen LogP contribution in [0, 0.1) is 11.2 Å². The third-order valence-corrected chi connectivity index (χ3v) is 2.92. The fourth-order valence-electron chi connectivity index (χ4n) is 1.95. The Morgan fingerprint density at radius 2 is 1.80 bits per heavy atom. The molecule has 20 heavy (non-hydrogen) atoms. The van der Waals surface area contributed by atoms with Gasteiger partial charge in [0.05, 0.1) is 7.11 Å². The lowest BCUT2D eigenvalue weighted by Gasteiger charge is -2.33. The Balaban J connectivity index is 2.81. The second kappa shape index (κ2) is 5.99. The molecule has 1 N–H and O–H groups in total. The number of hydrogen-bond donors (Lipinski definition) is 1. The van der Waals surface area contributed by atoms with E-state index < -0.39 is 23.5 Å². The van der Waals surface area contributed by atoms with Crippen molar-refractivity contribution in [2.75, 3.05) is 7.11 Å². The van der Waals surface area contributed by atoms with Gasteiger partial charge in [-0.25, -0.2) is 4.39 Å². The highest BCUT2D eigenvalue weighted by Crippen LogP contribution is 2.33. The molecule has 1 aromatic rings. The summed E-state index contributed by atoms with van der Waals surface area (Å²) in [7, 11) is 1.33. The lowest BCUT2D eigenvalue weighted by Crippen LogP contribution is -2.50. The maximum absolute atomic E-state index is 13.5. The predicted molar refractivity (Wildman–Crippen MR) is 69.1 cm³/mol. The monoisotopic (exact) mass is 293 g/mol. The molecule has 0 aliphatic rings. The van der Waals surface area contributed by atoms with E-state index in [4.69, 9.17) is 4.74 Å². The number of halogens is 4. The molecule has 0 bridgehead atoms. The van der Waals surface area contributed by atoms with Gasteiger partial charge in [0.25, 0.3) is 0 Å². The topological polar surface area (TPSA) is 21.3 Å². The number of ether oxygens (including phenoxy) is 1. The minimum atomic E-state index is -4.36. The zero-order valence-corrected chi connectivity index (χ0v) is 11.9. The highest BCUT2D eigenvalue weighted by molar-refractivity contribution is 5.29. The second-order valence-corrected chi connectivity index (χ2v) is 5.69. The van der Waals surface area contributed by atoms with Gasteiger partial charge in [0, 0.05) is 6.54 Å². The molecule has 0 aromatic heterocycles. The molecule has 0 aliphatic carbocycles. The van der Waals surface area contributed by atoms with E-state index in [9.17, 15) is 17.6 Å². The standard InChI is InChI=1S/C14H19F4NO/c1-13(2,3)12(14(16,17)18)19-8-9-5-6-11(20-4)10(15)7-9/h5-7,12,19H,8H2,1-4H3/t12-/m1/s1. The van der Waals surface area contributed by atoms with Crippen LogP contribution < -0.4 is 10.1 Å². The number of alkyl halides is 3. The number of rotatable bonds is 4. The van der Waals surface area contributed by atoms with Crippen LogP contribution in [0.1, 0.15) is 26.3 Å². The molecule has 0 aliphatic heterocycles. The van der Waals surface area contributed by atoms with E-state index in [1.807, 2.05) is 0 Å². The number of hydrogen-bond acceptors (Lipinski definition) is 2. The van der Waals surface area contributed by atoms with Crippen LogP contribution in [0.15, 0.2) is 18.2 Å². The maximum Gasteiger partial charge on any atom is 0.404 e. The Kier molecular flexibility index (Phi) is 5.02. The van der Waals surface area contributed by atoms with Gasteiger partial charge in [0.1, 0.15) is 6.04 Å². The molecule has 0 amide bonds. The van der Waals surface area contributed by atoms with Gasteiger partial charge >= 0.3 is 6.18 Å². The smallest absolute Gasteiger partial charge is 0.404 e. The molecular weight excluding hydrogens is 274 g/mol. The molecule has 6 heteroatoms. The molecule has 0 radical (unpaired) electrons. The second-order valence-electron chi connectivity index (χ2n) is 5.69. The Bertz CT molecular complexity index is 437. The molecule has 0 saturated carbocycles. The van der Waals surface area contributed by atoms with Gasteiger partial charge < -0.3 is 10.1 Å². The zero-order chi connectivity index (χ0) is 15.6. The summed E-state index contributed by atoms with van der Waals surface area (Å²) in [6.07, 6.45) is -4.36. The molecule has 1 aromatic carbocycles. The van der Waals surface area contributed by atoms with Crippen LogP contribution >= 0.6 is 0 Å². The van der Waals surface area contributed by atoms with Crippen LogP contribution in [0.25, 0.3) is 0 Å². The summed E-state index contributed by atoms with van der Waals surface area (Å²) in [4.78, 5) is 0. The van der Waals surface area contributed by atoms with Gasteiger partial charge in [-0.15, -0.1) is 0 Å². The van der Waals surface area contributed by atoms with Gasteiger partial charge in [-0.05, 0) is 23.1 Å². The summed E-state index contributed by atoms with van der Waals surface area (Å²) in [6.45, 7) is 4.45. The summed E-state index contributed by atoms with van der Waals surface area (Å²) < 4.78 is 57.1. The fourth-order valence-corrected chi connectivity index (χ4v) is 1.95. The molecular formula is C14H19F4NO. The van der Waals surface area contributed by atoms with Gasteiger partial charge in [-0.1, -0.05) is 26.8 Å². The van der Waals surface area contributed by atoms with Crippen molar-refractivity contribution in [3.8, 4) is 5.75 Å². The Morgan fingerprint density at radius 1 is 1.20 bits per heavy atom. The van der Waals surface area contributed by atoms with Crippen LogP contribution in [0.4, 0.5) is 17.6 Å². The first-order chi connectivity index (χ1) is 9.05. The lowest BCUT2D eigenvalue weighted by atomic mass is 9.86. The Hall–Kier alpha value is -1.30. The summed E-state index contributed by atoms with van der Waals surface area (Å²) >= 11 is 0. The normalized spacial score (nSPS) is 14.2. The van der Waals surface area contributed by atoms with Crippen molar-refractivity contribution in [2.45, 2.75) is 39.5 Å². The van der Waals surface area contributed by atoms with Crippen molar-refractivity contribution >= 4 is 0 Å². The van der Waals surface area contributed by atoms with E-state index in [0.717, 1.165) is 0 Å². The Labute approximate surface area is 116 Å². The maximum atomic E-state index is 13.5. The molecule has 0 spiro atoms. The van der Waals surface area contributed by atoms with Crippen molar-refractivity contribution < 1.29 is 22.3 Å². The zero-order valence-electron chi connectivity index (χ0n) is 11.9. The minimum Gasteiger partial charge on any atom is -0.494 e. The molecule has 2 nitrogen and oxygen atoms in total. The highest BCUT2D eigenvalue weighted by Gasteiger charge is 2.46. The summed E-state index contributed by atoms with van der Waals surface area (Å²) in [5, 5.41) is 2.45. The van der Waals surface area contributed by atoms with Crippen molar-refractivity contribution in [2.24, 2.45) is 5.41 Å². The van der Waals surface area contributed by atoms with Crippen molar-refractivity contribution in [3.05, 3.63) is 29.6 Å². The molecule has 114 valence electrons. The van der Waals surface area contributed by atoms with E-state index >= 15 is 0 Å². The van der Waals surface area contributed by atoms with Crippen LogP contribution in [-0.4, -0.2) is 19.3 Å². The molecule has 1 rings (SSSR count). The van der Waals surface area contributed by atoms with Crippen molar-refractivity contribution in [3.63, 3.8) is 0 Å². The number of methoxy groups -OCH3 is 1. The van der Waals surface area contributed by atoms with E-state index in [0.29, 0.717) is 5.56 Å². The van der Waals surface area contributed by atoms with Crippen molar-refractivity contribution in [1.82, 2.24) is 5.32 Å². The van der Waals surface area contributed by atoms with Crippen LogP contribution in [0.5, 0.6) is 5.75 Å². The Morgan fingerprint density at radius 3 is 2.20 bits per heavy atom. The third kappa shape index (κ3) is 4.37. The molecule has 0 heterocycles. The quantitative estimate of drug-likeness (QED) is 0.850. The van der Waals surface area contributed by atoms with Crippen molar-refractivity contribution in [1.29, 1.82) is 0 Å². The van der Waals surface area contributed by atoms with E-state index in [1.165, 1.54) is 46.1 Å². The molecule has 0 unspecified atom stereocenters. The summed E-state index contributed by atoms with van der Waals surface area (Å²) in [5.41, 5.74) is -0.551. The minimum absolute atomic E-state index is 0.0666. The summed E-state index contributed by atoms with van der Waals surface area (Å²) in [5.74, 6) is -0.525. The lowest BCUT2D eigenvalue weighted by molar-refractivity contribution is -0.178. The van der Waals surface area contributed by atoms with Gasteiger partial charge in [0.2, 0.25) is 0 Å². The molecule has 0 saturated heterocycles. The van der Waals surface area contributed by atoms with Gasteiger partial charge in [-0.2, -0.15) is 13.2 Å². The number of benzene rings is 1. The average Bonchev–Trinajstić information content (AvgIpc) is 2.25. The molecule has 1 atom stereocenters. The third-order valence-electron chi connectivity index (χ3n) is 2.92. The fraction of sp³-hybridized carbons (Fsp3) is 0.571. The van der Waals surface area contributed by atoms with Gasteiger partial charge in [0.15, 0.2) is 11.6 Å². The first kappa shape index (κ1) is 16.8. The first-order valence-electron chi connectivity index (χ1n) is 6.18. The molecule has 0 fully saturated rings. The first-order valence-corrected chi connectivity index (χ1v) is 6.18. The van der Waals surface area contributed by atoms with E-state index in [2.05, 4.69) is 5.32 Å². The number of nitrogens with one attached hydrogen (secondary N) is 1.